The van der Waals surface area contributed by atoms with Crippen LogP contribution >= 0.6 is 0 Å². The van der Waals surface area contributed by atoms with E-state index >= 15 is 0 Å². The maximum absolute atomic E-state index is 4.83. The molecule has 0 amide bonds. The first-order chi connectivity index (χ1) is 12.2. The molecule has 126 valence electrons. The average Bonchev–Trinajstić information content (AvgIpc) is 3.35. The summed E-state index contributed by atoms with van der Waals surface area (Å²) < 4.78 is 6.24. The SMILES string of the molecule is CC(C)n1ccc(-c2nc3n(c2-c2ccc4nccn4c2)CCN3)n1. The Hall–Kier alpha value is -3.09. The Balaban J connectivity index is 1.71. The molecule has 5 rings (SSSR count). The Bertz CT molecular complexity index is 1070. The summed E-state index contributed by atoms with van der Waals surface area (Å²) in [6, 6.07) is 6.51. The van der Waals surface area contributed by atoms with Crippen LogP contribution in [0.5, 0.6) is 0 Å². The van der Waals surface area contributed by atoms with Gasteiger partial charge in [-0.1, -0.05) is 0 Å². The van der Waals surface area contributed by atoms with Crippen LogP contribution in [0.25, 0.3) is 28.3 Å². The fourth-order valence-electron chi connectivity index (χ4n) is 3.37. The Morgan fingerprint density at radius 1 is 1.16 bits per heavy atom. The number of nitrogens with one attached hydrogen (secondary N) is 1. The summed E-state index contributed by atoms with van der Waals surface area (Å²) in [6.45, 7) is 6.06. The van der Waals surface area contributed by atoms with E-state index in [1.165, 1.54) is 0 Å². The fraction of sp³-hybridized carbons (Fsp3) is 0.278. The molecular formula is C18H19N7. The molecule has 1 N–H and O–H groups in total. The molecule has 0 aliphatic carbocycles. The van der Waals surface area contributed by atoms with Gasteiger partial charge in [0.05, 0.1) is 5.69 Å². The van der Waals surface area contributed by atoms with Crippen molar-refractivity contribution in [3.8, 4) is 22.6 Å². The molecule has 0 saturated carbocycles. The van der Waals surface area contributed by atoms with Crippen LogP contribution in [0.1, 0.15) is 19.9 Å². The third kappa shape index (κ3) is 2.15. The highest BCUT2D eigenvalue weighted by molar-refractivity contribution is 5.79. The van der Waals surface area contributed by atoms with E-state index in [4.69, 9.17) is 10.1 Å². The number of nitrogens with zero attached hydrogens (tertiary/aromatic N) is 6. The molecule has 4 aromatic rings. The quantitative estimate of drug-likeness (QED) is 0.626. The number of aromatic nitrogens is 6. The highest BCUT2D eigenvalue weighted by Crippen LogP contribution is 2.35. The zero-order valence-electron chi connectivity index (χ0n) is 14.2. The van der Waals surface area contributed by atoms with Crippen molar-refractivity contribution >= 4 is 11.6 Å². The van der Waals surface area contributed by atoms with Crippen LogP contribution in [-0.4, -0.2) is 35.3 Å². The first kappa shape index (κ1) is 14.3. The zero-order valence-corrected chi connectivity index (χ0v) is 14.2. The summed E-state index contributed by atoms with van der Waals surface area (Å²) in [6.07, 6.45) is 7.90. The molecular weight excluding hydrogens is 314 g/mol. The minimum absolute atomic E-state index is 0.326. The fourth-order valence-corrected chi connectivity index (χ4v) is 3.37. The summed E-state index contributed by atoms with van der Waals surface area (Å²) >= 11 is 0. The summed E-state index contributed by atoms with van der Waals surface area (Å²) in [5, 5.41) is 8.09. The number of pyridine rings is 1. The topological polar surface area (TPSA) is 65.0 Å². The van der Waals surface area contributed by atoms with Gasteiger partial charge in [-0.3, -0.25) is 4.68 Å². The van der Waals surface area contributed by atoms with E-state index < -0.39 is 0 Å². The molecule has 0 unspecified atom stereocenters. The van der Waals surface area contributed by atoms with Crippen molar-refractivity contribution in [2.24, 2.45) is 0 Å². The molecule has 4 aromatic heterocycles. The molecule has 0 spiro atoms. The van der Waals surface area contributed by atoms with Crippen LogP contribution < -0.4 is 5.32 Å². The number of hydrogen-bond donors (Lipinski definition) is 1. The second kappa shape index (κ2) is 5.20. The first-order valence-electron chi connectivity index (χ1n) is 8.54. The predicted octanol–water partition coefficient (Wildman–Crippen LogP) is 3.07. The highest BCUT2D eigenvalue weighted by atomic mass is 15.3. The number of anilines is 1. The van der Waals surface area contributed by atoms with E-state index in [0.717, 1.165) is 47.3 Å². The standard InChI is InChI=1S/C18H19N7/c1-12(2)25-8-5-14(22-25)16-17(24-10-7-20-18(24)21-16)13-3-4-15-19-6-9-23(15)11-13/h3-6,8-9,11-12H,7,10H2,1-2H3,(H,20,21). The van der Waals surface area contributed by atoms with Gasteiger partial charge in [0.1, 0.15) is 17.0 Å². The van der Waals surface area contributed by atoms with Gasteiger partial charge >= 0.3 is 0 Å². The molecule has 5 heterocycles. The van der Waals surface area contributed by atoms with E-state index in [0.29, 0.717) is 6.04 Å². The van der Waals surface area contributed by atoms with E-state index in [9.17, 15) is 0 Å². The second-order valence-electron chi connectivity index (χ2n) is 6.60. The number of hydrogen-bond acceptors (Lipinski definition) is 4. The lowest BCUT2D eigenvalue weighted by molar-refractivity contribution is 0.534. The largest absolute Gasteiger partial charge is 0.354 e. The monoisotopic (exact) mass is 333 g/mol. The Morgan fingerprint density at radius 2 is 2.08 bits per heavy atom. The Labute approximate surface area is 144 Å². The van der Waals surface area contributed by atoms with Gasteiger partial charge in [-0.15, -0.1) is 0 Å². The molecule has 1 aliphatic heterocycles. The van der Waals surface area contributed by atoms with E-state index in [1.807, 2.05) is 39.8 Å². The van der Waals surface area contributed by atoms with Crippen molar-refractivity contribution in [1.29, 1.82) is 0 Å². The summed E-state index contributed by atoms with van der Waals surface area (Å²) in [5.41, 5.74) is 4.97. The van der Waals surface area contributed by atoms with Gasteiger partial charge in [0, 0.05) is 49.5 Å². The third-order valence-electron chi connectivity index (χ3n) is 4.63. The van der Waals surface area contributed by atoms with E-state index in [1.54, 1.807) is 0 Å². The van der Waals surface area contributed by atoms with Gasteiger partial charge in [-0.25, -0.2) is 9.97 Å². The maximum Gasteiger partial charge on any atom is 0.204 e. The lowest BCUT2D eigenvalue weighted by Crippen LogP contribution is -2.02. The summed E-state index contributed by atoms with van der Waals surface area (Å²) in [5.74, 6) is 0.912. The molecule has 0 atom stereocenters. The van der Waals surface area contributed by atoms with Crippen molar-refractivity contribution in [2.45, 2.75) is 26.4 Å². The zero-order chi connectivity index (χ0) is 17.0. The first-order valence-corrected chi connectivity index (χ1v) is 8.54. The molecule has 0 bridgehead atoms. The lowest BCUT2D eigenvalue weighted by atomic mass is 10.1. The van der Waals surface area contributed by atoms with Crippen LogP contribution in [0.2, 0.25) is 0 Å². The van der Waals surface area contributed by atoms with Crippen molar-refractivity contribution in [3.63, 3.8) is 0 Å². The molecule has 7 nitrogen and oxygen atoms in total. The maximum atomic E-state index is 4.83. The predicted molar refractivity (Wildman–Crippen MR) is 96.5 cm³/mol. The smallest absolute Gasteiger partial charge is 0.204 e. The highest BCUT2D eigenvalue weighted by Gasteiger charge is 2.24. The molecule has 0 aromatic carbocycles. The van der Waals surface area contributed by atoms with Crippen molar-refractivity contribution in [3.05, 3.63) is 43.0 Å². The number of fused-ring (bicyclic) bond motifs is 2. The van der Waals surface area contributed by atoms with Crippen LogP contribution in [0.3, 0.4) is 0 Å². The van der Waals surface area contributed by atoms with Crippen molar-refractivity contribution in [1.82, 2.24) is 28.7 Å². The van der Waals surface area contributed by atoms with Crippen LogP contribution in [0, 0.1) is 0 Å². The normalized spacial score (nSPS) is 13.6. The van der Waals surface area contributed by atoms with E-state index in [-0.39, 0.29) is 0 Å². The van der Waals surface area contributed by atoms with Gasteiger partial charge in [0.25, 0.3) is 0 Å². The van der Waals surface area contributed by atoms with Crippen molar-refractivity contribution < 1.29 is 0 Å². The Kier molecular flexibility index (Phi) is 2.97. The molecule has 0 radical (unpaired) electrons. The number of rotatable bonds is 3. The minimum atomic E-state index is 0.326. The summed E-state index contributed by atoms with van der Waals surface area (Å²) in [7, 11) is 0. The van der Waals surface area contributed by atoms with Crippen LogP contribution in [-0.2, 0) is 6.54 Å². The molecule has 1 aliphatic rings. The minimum Gasteiger partial charge on any atom is -0.354 e. The lowest BCUT2D eigenvalue weighted by Gasteiger charge is -2.08. The molecule has 25 heavy (non-hydrogen) atoms. The van der Waals surface area contributed by atoms with Crippen LogP contribution in [0.4, 0.5) is 5.95 Å². The van der Waals surface area contributed by atoms with E-state index in [2.05, 4.69) is 41.0 Å². The number of imidazole rings is 2. The van der Waals surface area contributed by atoms with Gasteiger partial charge in [0.2, 0.25) is 5.95 Å². The van der Waals surface area contributed by atoms with Gasteiger partial charge in [-0.05, 0) is 32.0 Å². The molecule has 0 fully saturated rings. The summed E-state index contributed by atoms with van der Waals surface area (Å²) in [4.78, 5) is 9.16. The average molecular weight is 333 g/mol. The van der Waals surface area contributed by atoms with Gasteiger partial charge in [-0.2, -0.15) is 5.10 Å². The third-order valence-corrected chi connectivity index (χ3v) is 4.63. The molecule has 7 heteroatoms. The van der Waals surface area contributed by atoms with Gasteiger partial charge < -0.3 is 14.3 Å². The van der Waals surface area contributed by atoms with Crippen molar-refractivity contribution in [2.75, 3.05) is 11.9 Å². The van der Waals surface area contributed by atoms with Crippen LogP contribution in [0.15, 0.2) is 43.0 Å². The second-order valence-corrected chi connectivity index (χ2v) is 6.60. The van der Waals surface area contributed by atoms with Gasteiger partial charge in [0.15, 0.2) is 0 Å². The molecule has 0 saturated heterocycles. The Morgan fingerprint density at radius 3 is 2.92 bits per heavy atom.